The van der Waals surface area contributed by atoms with Crippen molar-refractivity contribution in [2.24, 2.45) is 0 Å². The Morgan fingerprint density at radius 2 is 1.76 bits per heavy atom. The molecular weight excluding hydrogens is 470 g/mol. The molecule has 1 fully saturated rings. The first-order valence-corrected chi connectivity index (χ1v) is 13.1. The van der Waals surface area contributed by atoms with Crippen LogP contribution in [0, 0.1) is 6.92 Å². The highest BCUT2D eigenvalue weighted by molar-refractivity contribution is 5.91. The molecule has 1 aliphatic rings. The summed E-state index contributed by atoms with van der Waals surface area (Å²) in [5.41, 5.74) is 3.55. The lowest BCUT2D eigenvalue weighted by Crippen LogP contribution is -2.47. The van der Waals surface area contributed by atoms with Crippen molar-refractivity contribution < 1.29 is 19.1 Å². The minimum atomic E-state index is -0.488. The predicted octanol–water partition coefficient (Wildman–Crippen LogP) is 4.04. The number of hydrogen-bond donors (Lipinski definition) is 2. The summed E-state index contributed by atoms with van der Waals surface area (Å²) in [6.45, 7) is 13.3. The molecule has 0 aromatic heterocycles. The minimum Gasteiger partial charge on any atom is -0.495 e. The van der Waals surface area contributed by atoms with Crippen molar-refractivity contribution in [1.82, 2.24) is 9.80 Å². The molecule has 0 spiro atoms. The number of piperazine rings is 1. The van der Waals surface area contributed by atoms with Gasteiger partial charge < -0.3 is 24.6 Å². The van der Waals surface area contributed by atoms with Gasteiger partial charge in [0.2, 0.25) is 5.91 Å². The van der Waals surface area contributed by atoms with E-state index in [1.807, 2.05) is 43.3 Å². The summed E-state index contributed by atoms with van der Waals surface area (Å²) in [4.78, 5) is 31.5. The lowest BCUT2D eigenvalue weighted by Gasteiger charge is -2.36. The van der Waals surface area contributed by atoms with Crippen molar-refractivity contribution in [3.8, 4) is 5.75 Å². The van der Waals surface area contributed by atoms with Gasteiger partial charge in [-0.25, -0.2) is 4.79 Å². The Bertz CT molecular complexity index is 1020. The van der Waals surface area contributed by atoms with Gasteiger partial charge in [-0.3, -0.25) is 15.0 Å². The van der Waals surface area contributed by atoms with Crippen molar-refractivity contribution in [2.45, 2.75) is 27.2 Å². The number of rotatable bonds is 12. The van der Waals surface area contributed by atoms with Crippen molar-refractivity contribution >= 4 is 29.1 Å². The van der Waals surface area contributed by atoms with E-state index in [0.717, 1.165) is 62.8 Å². The fraction of sp³-hybridized carbons (Fsp3) is 0.500. The van der Waals surface area contributed by atoms with Crippen LogP contribution in [0.15, 0.2) is 42.5 Å². The van der Waals surface area contributed by atoms with Crippen molar-refractivity contribution in [3.63, 3.8) is 0 Å². The van der Waals surface area contributed by atoms with Gasteiger partial charge in [-0.1, -0.05) is 26.0 Å². The molecule has 3 rings (SSSR count). The first-order chi connectivity index (χ1) is 17.9. The molecule has 202 valence electrons. The van der Waals surface area contributed by atoms with E-state index in [2.05, 4.69) is 45.2 Å². The zero-order chi connectivity index (χ0) is 26.6. The Hall–Kier alpha value is -3.30. The summed E-state index contributed by atoms with van der Waals surface area (Å²) in [7, 11) is 1.57. The highest BCUT2D eigenvalue weighted by Crippen LogP contribution is 2.25. The molecule has 9 nitrogen and oxygen atoms in total. The van der Waals surface area contributed by atoms with Crippen LogP contribution in [0.2, 0.25) is 0 Å². The normalized spacial score (nSPS) is 13.9. The topological polar surface area (TPSA) is 86.4 Å². The molecular formula is C28H41N5O4. The molecule has 0 radical (unpaired) electrons. The van der Waals surface area contributed by atoms with Crippen LogP contribution in [0.1, 0.15) is 25.8 Å². The SMILES string of the molecule is CCN(CC)CCC(=O)Nc1cccc(N2CCN(CCOC(=O)Nc3cc(C)ccc3OC)CC2)c1. The van der Waals surface area contributed by atoms with E-state index >= 15 is 0 Å². The highest BCUT2D eigenvalue weighted by Gasteiger charge is 2.18. The number of hydrogen-bond acceptors (Lipinski definition) is 7. The van der Waals surface area contributed by atoms with Crippen molar-refractivity contribution in [2.75, 3.05) is 81.6 Å². The van der Waals surface area contributed by atoms with Crippen LogP contribution < -0.4 is 20.3 Å². The molecule has 0 atom stereocenters. The lowest BCUT2D eigenvalue weighted by atomic mass is 10.2. The maximum atomic E-state index is 12.4. The summed E-state index contributed by atoms with van der Waals surface area (Å²) >= 11 is 0. The van der Waals surface area contributed by atoms with Gasteiger partial charge in [0.25, 0.3) is 0 Å². The average molecular weight is 512 g/mol. The molecule has 0 saturated carbocycles. The number of nitrogens with one attached hydrogen (secondary N) is 2. The molecule has 0 unspecified atom stereocenters. The first-order valence-electron chi connectivity index (χ1n) is 13.1. The Kier molecular flexibility index (Phi) is 11.0. The number of methoxy groups -OCH3 is 1. The van der Waals surface area contributed by atoms with Gasteiger partial charge in [0, 0.05) is 57.1 Å². The molecule has 2 aromatic carbocycles. The highest BCUT2D eigenvalue weighted by atomic mass is 16.5. The third kappa shape index (κ3) is 8.94. The van der Waals surface area contributed by atoms with Gasteiger partial charge in [0.05, 0.1) is 12.8 Å². The smallest absolute Gasteiger partial charge is 0.411 e. The maximum Gasteiger partial charge on any atom is 0.411 e. The van der Waals surface area contributed by atoms with Crippen LogP contribution in [0.4, 0.5) is 21.9 Å². The van der Waals surface area contributed by atoms with Crippen LogP contribution in [-0.4, -0.2) is 87.9 Å². The number of carbonyl (C=O) groups is 2. The van der Waals surface area contributed by atoms with Gasteiger partial charge in [-0.05, 0) is 55.9 Å². The van der Waals surface area contributed by atoms with Crippen molar-refractivity contribution in [1.29, 1.82) is 0 Å². The number of carbonyl (C=O) groups excluding carboxylic acids is 2. The van der Waals surface area contributed by atoms with Gasteiger partial charge in [0.15, 0.2) is 0 Å². The van der Waals surface area contributed by atoms with E-state index in [0.29, 0.717) is 31.0 Å². The second-order valence-electron chi connectivity index (χ2n) is 9.17. The number of nitrogens with zero attached hydrogens (tertiary/aromatic N) is 3. The van der Waals surface area contributed by atoms with Crippen LogP contribution >= 0.6 is 0 Å². The quantitative estimate of drug-likeness (QED) is 0.445. The van der Waals surface area contributed by atoms with E-state index in [9.17, 15) is 9.59 Å². The molecule has 0 bridgehead atoms. The second kappa shape index (κ2) is 14.4. The van der Waals surface area contributed by atoms with Crippen LogP contribution in [-0.2, 0) is 9.53 Å². The number of amides is 2. The maximum absolute atomic E-state index is 12.4. The first kappa shape index (κ1) is 28.3. The number of ether oxygens (including phenoxy) is 2. The van der Waals surface area contributed by atoms with Gasteiger partial charge >= 0.3 is 6.09 Å². The summed E-state index contributed by atoms with van der Waals surface area (Å²) in [6.07, 6.45) is 0.00179. The minimum absolute atomic E-state index is 0.0405. The predicted molar refractivity (Wildman–Crippen MR) is 149 cm³/mol. The Morgan fingerprint density at radius 3 is 2.46 bits per heavy atom. The largest absolute Gasteiger partial charge is 0.495 e. The van der Waals surface area contributed by atoms with E-state index in [1.54, 1.807) is 7.11 Å². The van der Waals surface area contributed by atoms with Crippen LogP contribution in [0.25, 0.3) is 0 Å². The monoisotopic (exact) mass is 511 g/mol. The standard InChI is InChI=1S/C28H41N5O4/c1-5-31(6-2)13-12-27(34)29-23-8-7-9-24(21-23)33-16-14-32(15-17-33)18-19-37-28(35)30-25-20-22(3)10-11-26(25)36-4/h7-11,20-21H,5-6,12-19H2,1-4H3,(H,29,34)(H,30,35). The van der Waals surface area contributed by atoms with Gasteiger partial charge in [-0.15, -0.1) is 0 Å². The molecule has 1 saturated heterocycles. The van der Waals surface area contributed by atoms with E-state index in [1.165, 1.54) is 0 Å². The van der Waals surface area contributed by atoms with Gasteiger partial charge in [0.1, 0.15) is 12.4 Å². The van der Waals surface area contributed by atoms with Gasteiger partial charge in [-0.2, -0.15) is 0 Å². The van der Waals surface area contributed by atoms with Crippen molar-refractivity contribution in [3.05, 3.63) is 48.0 Å². The number of anilines is 3. The Labute approximate surface area is 220 Å². The van der Waals surface area contributed by atoms with Crippen LogP contribution in [0.5, 0.6) is 5.75 Å². The molecule has 2 amide bonds. The summed E-state index contributed by atoms with van der Waals surface area (Å²) in [5, 5.41) is 5.80. The number of aryl methyl sites for hydroxylation is 1. The average Bonchev–Trinajstić information content (AvgIpc) is 2.90. The zero-order valence-corrected chi connectivity index (χ0v) is 22.6. The summed E-state index contributed by atoms with van der Waals surface area (Å²) in [5.74, 6) is 0.640. The molecule has 37 heavy (non-hydrogen) atoms. The molecule has 1 aliphatic heterocycles. The van der Waals surface area contributed by atoms with E-state index < -0.39 is 6.09 Å². The Morgan fingerprint density at radius 1 is 1.00 bits per heavy atom. The fourth-order valence-corrected chi connectivity index (χ4v) is 4.37. The summed E-state index contributed by atoms with van der Waals surface area (Å²) in [6, 6.07) is 13.6. The molecule has 1 heterocycles. The zero-order valence-electron chi connectivity index (χ0n) is 22.6. The molecule has 2 aromatic rings. The number of benzene rings is 2. The Balaban J connectivity index is 1.39. The van der Waals surface area contributed by atoms with E-state index in [-0.39, 0.29) is 5.91 Å². The lowest BCUT2D eigenvalue weighted by molar-refractivity contribution is -0.116. The molecule has 2 N–H and O–H groups in total. The third-order valence-electron chi connectivity index (χ3n) is 6.65. The molecule has 0 aliphatic carbocycles. The summed E-state index contributed by atoms with van der Waals surface area (Å²) < 4.78 is 10.7. The fourth-order valence-electron chi connectivity index (χ4n) is 4.37. The molecule has 9 heteroatoms. The second-order valence-corrected chi connectivity index (χ2v) is 9.17. The van der Waals surface area contributed by atoms with E-state index in [4.69, 9.17) is 9.47 Å². The van der Waals surface area contributed by atoms with Crippen LogP contribution in [0.3, 0.4) is 0 Å². The third-order valence-corrected chi connectivity index (χ3v) is 6.65.